The third-order valence-corrected chi connectivity index (χ3v) is 2.79. The van der Waals surface area contributed by atoms with Crippen LogP contribution in [0.4, 0.5) is 5.69 Å². The monoisotopic (exact) mass is 220 g/mol. The number of hydrogen-bond acceptors (Lipinski definition) is 2. The summed E-state index contributed by atoms with van der Waals surface area (Å²) >= 11 is 5.13. The second-order valence-electron chi connectivity index (χ2n) is 3.63. The van der Waals surface area contributed by atoms with Gasteiger partial charge >= 0.3 is 0 Å². The molecule has 4 heteroatoms. The Morgan fingerprint density at radius 2 is 2.07 bits per heavy atom. The molecule has 1 aliphatic heterocycles. The average molecular weight is 220 g/mol. The highest BCUT2D eigenvalue weighted by Gasteiger charge is 2.33. The molecule has 1 atom stereocenters. The van der Waals surface area contributed by atoms with Gasteiger partial charge in [-0.1, -0.05) is 18.2 Å². The molecule has 78 valence electrons. The Morgan fingerprint density at radius 3 is 2.60 bits per heavy atom. The molecule has 2 rings (SSSR count). The van der Waals surface area contributed by atoms with Gasteiger partial charge in [-0.25, -0.2) is 0 Å². The van der Waals surface area contributed by atoms with Gasteiger partial charge in [0.15, 0.2) is 5.11 Å². The molecule has 1 aromatic carbocycles. The van der Waals surface area contributed by atoms with Gasteiger partial charge in [0, 0.05) is 0 Å². The van der Waals surface area contributed by atoms with Crippen LogP contribution in [0.2, 0.25) is 0 Å². The lowest BCUT2D eigenvalue weighted by Gasteiger charge is -2.16. The van der Waals surface area contributed by atoms with E-state index in [9.17, 15) is 4.79 Å². The summed E-state index contributed by atoms with van der Waals surface area (Å²) in [5, 5.41) is 3.44. The maximum Gasteiger partial charge on any atom is 0.255 e. The number of rotatable bonds is 1. The summed E-state index contributed by atoms with van der Waals surface area (Å²) in [5.41, 5.74) is 1.91. The van der Waals surface area contributed by atoms with E-state index in [0.29, 0.717) is 5.11 Å². The maximum absolute atomic E-state index is 11.8. The molecule has 1 unspecified atom stereocenters. The number of carbonyl (C=O) groups is 1. The molecule has 0 radical (unpaired) electrons. The lowest BCUT2D eigenvalue weighted by Crippen LogP contribution is -2.31. The summed E-state index contributed by atoms with van der Waals surface area (Å²) in [4.78, 5) is 13.4. The van der Waals surface area contributed by atoms with Crippen molar-refractivity contribution < 1.29 is 4.79 Å². The highest BCUT2D eigenvalue weighted by atomic mass is 32.1. The van der Waals surface area contributed by atoms with E-state index in [1.54, 1.807) is 4.90 Å². The maximum atomic E-state index is 11.8. The van der Waals surface area contributed by atoms with E-state index >= 15 is 0 Å². The Balaban J connectivity index is 2.44. The minimum absolute atomic E-state index is 0.00861. The molecule has 1 saturated heterocycles. The van der Waals surface area contributed by atoms with E-state index in [4.69, 9.17) is 12.2 Å². The lowest BCUT2D eigenvalue weighted by molar-refractivity contribution is -0.117. The van der Waals surface area contributed by atoms with E-state index in [-0.39, 0.29) is 11.9 Å². The molecule has 0 aliphatic carbocycles. The first kappa shape index (κ1) is 10.1. The molecular formula is C11H12N2OS. The van der Waals surface area contributed by atoms with Gasteiger partial charge in [-0.2, -0.15) is 0 Å². The third kappa shape index (κ3) is 1.61. The summed E-state index contributed by atoms with van der Waals surface area (Å²) in [5.74, 6) is 0.00861. The molecule has 0 bridgehead atoms. The largest absolute Gasteiger partial charge is 0.350 e. The second kappa shape index (κ2) is 3.62. The first-order chi connectivity index (χ1) is 7.11. The number of carbonyl (C=O) groups excluding carboxylic acids is 1. The van der Waals surface area contributed by atoms with Gasteiger partial charge in [-0.3, -0.25) is 9.69 Å². The molecule has 3 nitrogen and oxygen atoms in total. The summed E-state index contributed by atoms with van der Waals surface area (Å²) in [6, 6.07) is 7.49. The highest BCUT2D eigenvalue weighted by Crippen LogP contribution is 2.23. The van der Waals surface area contributed by atoms with Crippen molar-refractivity contribution in [3.8, 4) is 0 Å². The quantitative estimate of drug-likeness (QED) is 0.730. The molecule has 15 heavy (non-hydrogen) atoms. The van der Waals surface area contributed by atoms with Crippen LogP contribution in [0.25, 0.3) is 0 Å². The van der Waals surface area contributed by atoms with Crippen LogP contribution in [0.15, 0.2) is 24.3 Å². The molecule has 1 amide bonds. The van der Waals surface area contributed by atoms with Crippen molar-refractivity contribution >= 4 is 28.9 Å². The molecule has 1 fully saturated rings. The molecule has 0 aromatic heterocycles. The fourth-order valence-electron chi connectivity index (χ4n) is 1.65. The zero-order chi connectivity index (χ0) is 11.0. The van der Waals surface area contributed by atoms with Gasteiger partial charge in [-0.15, -0.1) is 0 Å². The number of amides is 1. The summed E-state index contributed by atoms with van der Waals surface area (Å²) in [6.45, 7) is 3.78. The van der Waals surface area contributed by atoms with Crippen molar-refractivity contribution in [2.45, 2.75) is 19.9 Å². The number of aryl methyl sites for hydroxylation is 1. The predicted octanol–water partition coefficient (Wildman–Crippen LogP) is 1.60. The first-order valence-electron chi connectivity index (χ1n) is 4.81. The number of nitrogens with one attached hydrogen (secondary N) is 1. The summed E-state index contributed by atoms with van der Waals surface area (Å²) in [6.07, 6.45) is 0. The number of hydrogen-bond donors (Lipinski definition) is 1. The van der Waals surface area contributed by atoms with Crippen molar-refractivity contribution in [3.05, 3.63) is 29.8 Å². The SMILES string of the molecule is Cc1ccccc1N1C(=O)C(C)NC1=S. The van der Waals surface area contributed by atoms with Gasteiger partial charge < -0.3 is 5.32 Å². The number of nitrogens with zero attached hydrogens (tertiary/aromatic N) is 1. The Morgan fingerprint density at radius 1 is 1.40 bits per heavy atom. The summed E-state index contributed by atoms with van der Waals surface area (Å²) < 4.78 is 0. The van der Waals surface area contributed by atoms with Gasteiger partial charge in [0.2, 0.25) is 0 Å². The smallest absolute Gasteiger partial charge is 0.255 e. The predicted molar refractivity (Wildman–Crippen MR) is 63.9 cm³/mol. The van der Waals surface area contributed by atoms with Crippen LogP contribution in [0.5, 0.6) is 0 Å². The minimum Gasteiger partial charge on any atom is -0.350 e. The first-order valence-corrected chi connectivity index (χ1v) is 5.22. The van der Waals surface area contributed by atoms with Gasteiger partial charge in [0.05, 0.1) is 5.69 Å². The normalized spacial score (nSPS) is 20.7. The van der Waals surface area contributed by atoms with Crippen LogP contribution in [-0.4, -0.2) is 17.1 Å². The van der Waals surface area contributed by atoms with Crippen molar-refractivity contribution in [1.29, 1.82) is 0 Å². The van der Waals surface area contributed by atoms with Gasteiger partial charge in [0.25, 0.3) is 5.91 Å². The Hall–Kier alpha value is -1.42. The molecular weight excluding hydrogens is 208 g/mol. The van der Waals surface area contributed by atoms with Crippen molar-refractivity contribution in [2.75, 3.05) is 4.90 Å². The standard InChI is InChI=1S/C11H12N2OS/c1-7-5-3-4-6-9(7)13-10(14)8(2)12-11(13)15/h3-6,8H,1-2H3,(H,12,15). The summed E-state index contributed by atoms with van der Waals surface area (Å²) in [7, 11) is 0. The van der Waals surface area contributed by atoms with Crippen molar-refractivity contribution in [2.24, 2.45) is 0 Å². The topological polar surface area (TPSA) is 32.3 Å². The van der Waals surface area contributed by atoms with Gasteiger partial charge in [-0.05, 0) is 37.7 Å². The second-order valence-corrected chi connectivity index (χ2v) is 4.02. The van der Waals surface area contributed by atoms with E-state index in [1.807, 2.05) is 38.1 Å². The van der Waals surface area contributed by atoms with Crippen molar-refractivity contribution in [1.82, 2.24) is 5.32 Å². The molecule has 0 saturated carbocycles. The van der Waals surface area contributed by atoms with Crippen LogP contribution in [0.3, 0.4) is 0 Å². The average Bonchev–Trinajstić information content (AvgIpc) is 2.43. The Bertz CT molecular complexity index is 430. The van der Waals surface area contributed by atoms with Crippen LogP contribution in [-0.2, 0) is 4.79 Å². The third-order valence-electron chi connectivity index (χ3n) is 2.49. The fourth-order valence-corrected chi connectivity index (χ4v) is 2.01. The Kier molecular flexibility index (Phi) is 2.44. The number of benzene rings is 1. The van der Waals surface area contributed by atoms with Crippen LogP contribution < -0.4 is 10.2 Å². The Labute approximate surface area is 94.1 Å². The van der Waals surface area contributed by atoms with Crippen LogP contribution >= 0.6 is 12.2 Å². The minimum atomic E-state index is -0.225. The molecule has 1 aliphatic rings. The van der Waals surface area contributed by atoms with Crippen LogP contribution in [0, 0.1) is 6.92 Å². The lowest BCUT2D eigenvalue weighted by atomic mass is 10.2. The van der Waals surface area contributed by atoms with Crippen LogP contribution in [0.1, 0.15) is 12.5 Å². The number of para-hydroxylation sites is 1. The van der Waals surface area contributed by atoms with Gasteiger partial charge in [0.1, 0.15) is 6.04 Å². The molecule has 1 N–H and O–H groups in total. The fraction of sp³-hybridized carbons (Fsp3) is 0.273. The van der Waals surface area contributed by atoms with Crippen molar-refractivity contribution in [3.63, 3.8) is 0 Å². The number of thiocarbonyl (C=S) groups is 1. The van der Waals surface area contributed by atoms with E-state index < -0.39 is 0 Å². The van der Waals surface area contributed by atoms with E-state index in [0.717, 1.165) is 11.3 Å². The molecule has 1 aromatic rings. The van der Waals surface area contributed by atoms with E-state index in [2.05, 4.69) is 5.32 Å². The van der Waals surface area contributed by atoms with E-state index in [1.165, 1.54) is 0 Å². The number of anilines is 1. The highest BCUT2D eigenvalue weighted by molar-refractivity contribution is 7.80. The zero-order valence-corrected chi connectivity index (χ0v) is 9.47. The molecule has 1 heterocycles. The molecule has 0 spiro atoms. The zero-order valence-electron chi connectivity index (χ0n) is 8.65.